The van der Waals surface area contributed by atoms with E-state index in [-0.39, 0.29) is 24.5 Å². The molecular weight excluding hydrogens is 212 g/mol. The zero-order chi connectivity index (χ0) is 13.1. The van der Waals surface area contributed by atoms with Gasteiger partial charge in [0.25, 0.3) is 0 Å². The maximum absolute atomic E-state index is 9.29. The molecule has 2 N–H and O–H groups in total. The first-order chi connectivity index (χ1) is 7.98. The summed E-state index contributed by atoms with van der Waals surface area (Å²) in [5.41, 5.74) is 1.76. The fraction of sp³-hybridized carbons (Fsp3) is 0.600. The van der Waals surface area contributed by atoms with Crippen LogP contribution in [0.1, 0.15) is 26.2 Å². The highest BCUT2D eigenvalue weighted by Crippen LogP contribution is 2.48. The van der Waals surface area contributed by atoms with E-state index in [2.05, 4.69) is 26.7 Å². The van der Waals surface area contributed by atoms with E-state index in [0.29, 0.717) is 5.92 Å². The normalized spacial score (nSPS) is 33.1. The Kier molecular flexibility index (Phi) is 4.72. The number of hydrogen-bond acceptors (Lipinski definition) is 2. The molecule has 1 fully saturated rings. The summed E-state index contributed by atoms with van der Waals surface area (Å²) in [6, 6.07) is 0. The van der Waals surface area contributed by atoms with Gasteiger partial charge in [0.15, 0.2) is 0 Å². The smallest absolute Gasteiger partial charge is 0.0642 e. The molecule has 0 aromatic heterocycles. The Morgan fingerprint density at radius 1 is 1.29 bits per heavy atom. The highest BCUT2D eigenvalue weighted by atomic mass is 16.3. The highest BCUT2D eigenvalue weighted by Gasteiger charge is 2.39. The Morgan fingerprint density at radius 3 is 2.35 bits per heavy atom. The van der Waals surface area contributed by atoms with Gasteiger partial charge in [-0.05, 0) is 47.7 Å². The van der Waals surface area contributed by atoms with Gasteiger partial charge < -0.3 is 10.2 Å². The van der Waals surface area contributed by atoms with Gasteiger partial charge in [0, 0.05) is 0 Å². The van der Waals surface area contributed by atoms with E-state index >= 15 is 0 Å². The van der Waals surface area contributed by atoms with E-state index in [0.717, 1.165) is 30.4 Å². The van der Waals surface area contributed by atoms with Crippen molar-refractivity contribution in [3.63, 3.8) is 0 Å². The maximum atomic E-state index is 9.29. The van der Waals surface area contributed by atoms with E-state index in [1.165, 1.54) is 0 Å². The number of aliphatic hydroxyl groups is 2. The van der Waals surface area contributed by atoms with Crippen LogP contribution in [0.3, 0.4) is 0 Å². The van der Waals surface area contributed by atoms with Crippen LogP contribution in [0.2, 0.25) is 0 Å². The Morgan fingerprint density at radius 2 is 1.88 bits per heavy atom. The lowest BCUT2D eigenvalue weighted by molar-refractivity contribution is 0.148. The molecule has 0 radical (unpaired) electrons. The molecule has 0 saturated heterocycles. The monoisotopic (exact) mass is 236 g/mol. The molecule has 0 heterocycles. The average Bonchev–Trinajstić information content (AvgIpc) is 2.37. The zero-order valence-electron chi connectivity index (χ0n) is 10.8. The number of hydrogen-bond donors (Lipinski definition) is 2. The summed E-state index contributed by atoms with van der Waals surface area (Å²) in [6.45, 7) is 14.1. The van der Waals surface area contributed by atoms with Crippen molar-refractivity contribution >= 4 is 0 Å². The van der Waals surface area contributed by atoms with E-state index in [1.807, 2.05) is 6.08 Å². The molecule has 0 unspecified atom stereocenters. The van der Waals surface area contributed by atoms with Gasteiger partial charge in [-0.15, -0.1) is 6.58 Å². The molecule has 1 aliphatic carbocycles. The standard InChI is InChI=1S/C15H24O2/c1-5-15(4)7-6-13(11(2)9-16)8-14(15)12(3)10-17/h5,13-14,16-17H,1-3,6-10H2,4H3/t13-,14+,15-/m1/s1. The third kappa shape index (κ3) is 2.88. The molecule has 0 aromatic carbocycles. The van der Waals surface area contributed by atoms with Crippen LogP contribution in [0.4, 0.5) is 0 Å². The first kappa shape index (κ1) is 14.2. The molecule has 2 heteroatoms. The van der Waals surface area contributed by atoms with E-state index < -0.39 is 0 Å². The quantitative estimate of drug-likeness (QED) is 0.721. The van der Waals surface area contributed by atoms with Gasteiger partial charge in [0.1, 0.15) is 0 Å². The van der Waals surface area contributed by atoms with Crippen LogP contribution in [0.15, 0.2) is 37.0 Å². The van der Waals surface area contributed by atoms with Gasteiger partial charge in [0.2, 0.25) is 0 Å². The molecule has 2 nitrogen and oxygen atoms in total. The van der Waals surface area contributed by atoms with E-state index in [9.17, 15) is 5.11 Å². The molecule has 1 saturated carbocycles. The Balaban J connectivity index is 2.88. The number of allylic oxidation sites excluding steroid dienone is 1. The molecule has 1 rings (SSSR count). The predicted molar refractivity (Wildman–Crippen MR) is 71.6 cm³/mol. The van der Waals surface area contributed by atoms with E-state index in [1.54, 1.807) is 0 Å². The minimum absolute atomic E-state index is 0.00600. The van der Waals surface area contributed by atoms with Gasteiger partial charge in [-0.3, -0.25) is 0 Å². The van der Waals surface area contributed by atoms with Crippen molar-refractivity contribution in [2.45, 2.75) is 26.2 Å². The molecule has 0 aromatic rings. The van der Waals surface area contributed by atoms with Gasteiger partial charge in [-0.2, -0.15) is 0 Å². The summed E-state index contributed by atoms with van der Waals surface area (Å²) < 4.78 is 0. The van der Waals surface area contributed by atoms with E-state index in [4.69, 9.17) is 5.11 Å². The van der Waals surface area contributed by atoms with Crippen molar-refractivity contribution < 1.29 is 10.2 Å². The summed E-state index contributed by atoms with van der Waals surface area (Å²) in [7, 11) is 0. The zero-order valence-corrected chi connectivity index (χ0v) is 10.8. The molecule has 0 aliphatic heterocycles. The first-order valence-electron chi connectivity index (χ1n) is 6.19. The Hall–Kier alpha value is -0.860. The molecule has 17 heavy (non-hydrogen) atoms. The second kappa shape index (κ2) is 5.65. The SMILES string of the molecule is C=C[C@]1(C)CC[C@@H](C(=C)CO)C[C@H]1C(=C)CO. The van der Waals surface area contributed by atoms with Crippen LogP contribution in [0.25, 0.3) is 0 Å². The summed E-state index contributed by atoms with van der Waals surface area (Å²) in [4.78, 5) is 0. The van der Waals surface area contributed by atoms with Crippen molar-refractivity contribution in [1.82, 2.24) is 0 Å². The van der Waals surface area contributed by atoms with Crippen molar-refractivity contribution in [2.24, 2.45) is 17.3 Å². The van der Waals surface area contributed by atoms with Crippen LogP contribution in [-0.4, -0.2) is 23.4 Å². The maximum Gasteiger partial charge on any atom is 0.0642 e. The van der Waals surface area contributed by atoms with Gasteiger partial charge in [0.05, 0.1) is 13.2 Å². The van der Waals surface area contributed by atoms with Crippen LogP contribution in [0, 0.1) is 17.3 Å². The predicted octanol–water partition coefficient (Wildman–Crippen LogP) is 2.69. The lowest BCUT2D eigenvalue weighted by Crippen LogP contribution is -2.35. The topological polar surface area (TPSA) is 40.5 Å². The summed E-state index contributed by atoms with van der Waals surface area (Å²) in [5, 5.41) is 18.5. The molecular formula is C15H24O2. The van der Waals surface area contributed by atoms with Crippen molar-refractivity contribution in [2.75, 3.05) is 13.2 Å². The first-order valence-corrected chi connectivity index (χ1v) is 6.19. The third-order valence-corrected chi connectivity index (χ3v) is 4.29. The fourth-order valence-corrected chi connectivity index (χ4v) is 2.82. The average molecular weight is 236 g/mol. The summed E-state index contributed by atoms with van der Waals surface area (Å²) in [6.07, 6.45) is 4.92. The summed E-state index contributed by atoms with van der Waals surface area (Å²) >= 11 is 0. The number of rotatable bonds is 5. The lowest BCUT2D eigenvalue weighted by Gasteiger charge is -2.44. The highest BCUT2D eigenvalue weighted by molar-refractivity contribution is 5.17. The number of aliphatic hydroxyl groups excluding tert-OH is 2. The minimum Gasteiger partial charge on any atom is -0.392 e. The van der Waals surface area contributed by atoms with Crippen molar-refractivity contribution in [3.05, 3.63) is 37.0 Å². The second-order valence-electron chi connectivity index (χ2n) is 5.37. The second-order valence-corrected chi connectivity index (χ2v) is 5.37. The van der Waals surface area contributed by atoms with Crippen LogP contribution in [-0.2, 0) is 0 Å². The molecule has 1 aliphatic rings. The van der Waals surface area contributed by atoms with Crippen LogP contribution >= 0.6 is 0 Å². The van der Waals surface area contributed by atoms with Crippen LogP contribution < -0.4 is 0 Å². The van der Waals surface area contributed by atoms with Gasteiger partial charge in [-0.25, -0.2) is 0 Å². The summed E-state index contributed by atoms with van der Waals surface area (Å²) in [5.74, 6) is 0.563. The largest absolute Gasteiger partial charge is 0.392 e. The molecule has 0 bridgehead atoms. The molecule has 3 atom stereocenters. The Labute approximate surface area is 104 Å². The lowest BCUT2D eigenvalue weighted by atomic mass is 9.61. The minimum atomic E-state index is 0.00600. The fourth-order valence-electron chi connectivity index (χ4n) is 2.82. The van der Waals surface area contributed by atoms with Crippen LogP contribution in [0.5, 0.6) is 0 Å². The Bertz CT molecular complexity index is 319. The molecule has 0 spiro atoms. The van der Waals surface area contributed by atoms with Crippen molar-refractivity contribution in [1.29, 1.82) is 0 Å². The molecule has 0 amide bonds. The molecule has 96 valence electrons. The van der Waals surface area contributed by atoms with Gasteiger partial charge >= 0.3 is 0 Å². The third-order valence-electron chi connectivity index (χ3n) is 4.29. The van der Waals surface area contributed by atoms with Gasteiger partial charge in [-0.1, -0.05) is 26.2 Å². The van der Waals surface area contributed by atoms with Crippen molar-refractivity contribution in [3.8, 4) is 0 Å².